The lowest BCUT2D eigenvalue weighted by molar-refractivity contribution is -0.384. The second-order valence-corrected chi connectivity index (χ2v) is 5.95. The number of non-ortho nitro benzene ring substituents is 1. The highest BCUT2D eigenvalue weighted by Gasteiger charge is 2.24. The topological polar surface area (TPSA) is 108 Å². The van der Waals surface area contributed by atoms with Gasteiger partial charge in [-0.3, -0.25) is 10.1 Å². The zero-order chi connectivity index (χ0) is 19.9. The van der Waals surface area contributed by atoms with E-state index in [0.29, 0.717) is 0 Å². The Hall–Kier alpha value is -4.00. The summed E-state index contributed by atoms with van der Waals surface area (Å²) in [4.78, 5) is 28.2. The zero-order valence-electron chi connectivity index (χ0n) is 14.8. The van der Waals surface area contributed by atoms with Gasteiger partial charge in [0.15, 0.2) is 5.84 Å². The van der Waals surface area contributed by atoms with Crippen molar-refractivity contribution >= 4 is 17.5 Å². The first-order valence-corrected chi connectivity index (χ1v) is 8.45. The summed E-state index contributed by atoms with van der Waals surface area (Å²) >= 11 is 0. The second-order valence-electron chi connectivity index (χ2n) is 5.95. The Morgan fingerprint density at radius 2 is 1.50 bits per heavy atom. The number of carbonyl (C=O) groups excluding carboxylic acids is 1. The number of oxime groups is 1. The predicted molar refractivity (Wildman–Crippen MR) is 105 cm³/mol. The molecule has 0 saturated heterocycles. The van der Waals surface area contributed by atoms with Gasteiger partial charge in [0.2, 0.25) is 0 Å². The van der Waals surface area contributed by atoms with Gasteiger partial charge in [0.1, 0.15) is 5.92 Å². The molecule has 3 aromatic carbocycles. The Labute approximate surface area is 161 Å². The molecular weight excluding hydrogens is 358 g/mol. The van der Waals surface area contributed by atoms with Crippen LogP contribution in [0.2, 0.25) is 0 Å². The van der Waals surface area contributed by atoms with E-state index in [1.165, 1.54) is 18.2 Å². The van der Waals surface area contributed by atoms with Crippen molar-refractivity contribution in [2.45, 2.75) is 5.92 Å². The minimum atomic E-state index is -0.677. The van der Waals surface area contributed by atoms with Gasteiger partial charge < -0.3 is 10.6 Å². The zero-order valence-corrected chi connectivity index (χ0v) is 14.8. The molecule has 0 aromatic heterocycles. The first kappa shape index (κ1) is 18.8. The first-order chi connectivity index (χ1) is 13.6. The lowest BCUT2D eigenvalue weighted by Crippen LogP contribution is -2.19. The molecule has 3 rings (SSSR count). The van der Waals surface area contributed by atoms with E-state index in [2.05, 4.69) is 5.16 Å². The SMILES string of the molecule is NC(=NOC(=O)C(c1ccccc1)c1ccccc1)c1cccc([N+](=O)[O-])c1. The van der Waals surface area contributed by atoms with Crippen molar-refractivity contribution in [2.75, 3.05) is 0 Å². The maximum atomic E-state index is 12.8. The number of amidine groups is 1. The average Bonchev–Trinajstić information content (AvgIpc) is 2.74. The van der Waals surface area contributed by atoms with Crippen molar-refractivity contribution < 1.29 is 14.6 Å². The maximum Gasteiger partial charge on any atom is 0.346 e. The minimum Gasteiger partial charge on any atom is -0.380 e. The molecule has 0 aliphatic carbocycles. The van der Waals surface area contributed by atoms with E-state index in [1.807, 2.05) is 60.7 Å². The van der Waals surface area contributed by atoms with E-state index in [0.717, 1.165) is 11.1 Å². The Bertz CT molecular complexity index is 965. The quantitative estimate of drug-likeness (QED) is 0.233. The van der Waals surface area contributed by atoms with Crippen LogP contribution in [-0.2, 0) is 9.63 Å². The van der Waals surface area contributed by atoms with Crippen LogP contribution in [0.1, 0.15) is 22.6 Å². The molecule has 0 amide bonds. The van der Waals surface area contributed by atoms with Gasteiger partial charge >= 0.3 is 5.97 Å². The number of nitro benzene ring substituents is 1. The van der Waals surface area contributed by atoms with Crippen molar-refractivity contribution in [3.63, 3.8) is 0 Å². The Balaban J connectivity index is 1.85. The standard InChI is InChI=1S/C21H17N3O4/c22-20(17-12-7-13-18(14-17)24(26)27)23-28-21(25)19(15-8-3-1-4-9-15)16-10-5-2-6-11-16/h1-14,19H,(H2,22,23). The number of rotatable bonds is 6. The van der Waals surface area contributed by atoms with E-state index in [4.69, 9.17) is 10.6 Å². The number of nitro groups is 1. The van der Waals surface area contributed by atoms with Crippen LogP contribution in [0, 0.1) is 10.1 Å². The molecular formula is C21H17N3O4. The Kier molecular flexibility index (Phi) is 5.76. The van der Waals surface area contributed by atoms with Crippen LogP contribution in [0.4, 0.5) is 5.69 Å². The predicted octanol–water partition coefficient (Wildman–Crippen LogP) is 3.59. The Morgan fingerprint density at radius 1 is 0.929 bits per heavy atom. The average molecular weight is 375 g/mol. The molecule has 28 heavy (non-hydrogen) atoms. The van der Waals surface area contributed by atoms with Crippen LogP contribution in [0.15, 0.2) is 90.1 Å². The lowest BCUT2D eigenvalue weighted by atomic mass is 9.91. The van der Waals surface area contributed by atoms with Gasteiger partial charge in [-0.25, -0.2) is 4.79 Å². The van der Waals surface area contributed by atoms with Gasteiger partial charge in [-0.15, -0.1) is 0 Å². The van der Waals surface area contributed by atoms with Gasteiger partial charge in [-0.05, 0) is 11.1 Å². The molecule has 7 heteroatoms. The molecule has 0 aliphatic heterocycles. The van der Waals surface area contributed by atoms with Crippen molar-refractivity contribution in [1.82, 2.24) is 0 Å². The van der Waals surface area contributed by atoms with Gasteiger partial charge in [0.05, 0.1) is 4.92 Å². The fraction of sp³-hybridized carbons (Fsp3) is 0.0476. The van der Waals surface area contributed by atoms with Gasteiger partial charge in [0, 0.05) is 17.7 Å². The number of carbonyl (C=O) groups is 1. The summed E-state index contributed by atoms with van der Waals surface area (Å²) in [6, 6.07) is 24.0. The molecule has 0 aliphatic rings. The van der Waals surface area contributed by atoms with Gasteiger partial charge in [0.25, 0.3) is 5.69 Å². The largest absolute Gasteiger partial charge is 0.380 e. The molecule has 0 unspecified atom stereocenters. The normalized spacial score (nSPS) is 11.2. The van der Waals surface area contributed by atoms with Crippen LogP contribution in [-0.4, -0.2) is 16.7 Å². The molecule has 0 saturated carbocycles. The van der Waals surface area contributed by atoms with Crippen LogP contribution in [0.5, 0.6) is 0 Å². The lowest BCUT2D eigenvalue weighted by Gasteiger charge is -2.15. The summed E-state index contributed by atoms with van der Waals surface area (Å²) in [6.45, 7) is 0. The van der Waals surface area contributed by atoms with Crippen molar-refractivity contribution in [1.29, 1.82) is 0 Å². The second kappa shape index (κ2) is 8.59. The third kappa shape index (κ3) is 4.39. The molecule has 0 atom stereocenters. The summed E-state index contributed by atoms with van der Waals surface area (Å²) in [5.41, 5.74) is 7.50. The minimum absolute atomic E-state index is 0.128. The summed E-state index contributed by atoms with van der Waals surface area (Å²) < 4.78 is 0. The fourth-order valence-electron chi connectivity index (χ4n) is 2.73. The van der Waals surface area contributed by atoms with E-state index in [1.54, 1.807) is 6.07 Å². The summed E-state index contributed by atoms with van der Waals surface area (Å²) in [5, 5.41) is 14.6. The van der Waals surface area contributed by atoms with Crippen LogP contribution >= 0.6 is 0 Å². The summed E-state index contributed by atoms with van der Waals surface area (Å²) in [5.74, 6) is -1.41. The third-order valence-corrected chi connectivity index (χ3v) is 4.09. The highest BCUT2D eigenvalue weighted by Crippen LogP contribution is 2.26. The number of nitrogens with two attached hydrogens (primary N) is 1. The fourth-order valence-corrected chi connectivity index (χ4v) is 2.73. The molecule has 0 spiro atoms. The number of hydrogen-bond acceptors (Lipinski definition) is 5. The van der Waals surface area contributed by atoms with Crippen molar-refractivity contribution in [2.24, 2.45) is 10.9 Å². The van der Waals surface area contributed by atoms with E-state index >= 15 is 0 Å². The van der Waals surface area contributed by atoms with Crippen LogP contribution in [0.25, 0.3) is 0 Å². The van der Waals surface area contributed by atoms with Crippen molar-refractivity contribution in [3.8, 4) is 0 Å². The third-order valence-electron chi connectivity index (χ3n) is 4.09. The molecule has 3 aromatic rings. The van der Waals surface area contributed by atoms with Crippen LogP contribution < -0.4 is 5.73 Å². The van der Waals surface area contributed by atoms with E-state index < -0.39 is 16.8 Å². The molecule has 0 fully saturated rings. The smallest absolute Gasteiger partial charge is 0.346 e. The van der Waals surface area contributed by atoms with Crippen molar-refractivity contribution in [3.05, 3.63) is 112 Å². The molecule has 140 valence electrons. The molecule has 0 bridgehead atoms. The van der Waals surface area contributed by atoms with E-state index in [-0.39, 0.29) is 17.1 Å². The van der Waals surface area contributed by atoms with Gasteiger partial charge in [-0.2, -0.15) is 0 Å². The maximum absolute atomic E-state index is 12.8. The molecule has 7 nitrogen and oxygen atoms in total. The number of hydrogen-bond donors (Lipinski definition) is 1. The monoisotopic (exact) mass is 375 g/mol. The number of benzene rings is 3. The summed E-state index contributed by atoms with van der Waals surface area (Å²) in [7, 11) is 0. The first-order valence-electron chi connectivity index (χ1n) is 8.45. The number of nitrogens with zero attached hydrogens (tertiary/aromatic N) is 2. The van der Waals surface area contributed by atoms with Gasteiger partial charge in [-0.1, -0.05) is 78.0 Å². The molecule has 0 heterocycles. The van der Waals surface area contributed by atoms with Crippen LogP contribution in [0.3, 0.4) is 0 Å². The highest BCUT2D eigenvalue weighted by molar-refractivity contribution is 5.98. The summed E-state index contributed by atoms with van der Waals surface area (Å²) in [6.07, 6.45) is 0. The highest BCUT2D eigenvalue weighted by atomic mass is 16.7. The molecule has 0 radical (unpaired) electrons. The van der Waals surface area contributed by atoms with E-state index in [9.17, 15) is 14.9 Å². The molecule has 2 N–H and O–H groups in total. The Morgan fingerprint density at radius 3 is 2.04 bits per heavy atom.